The van der Waals surface area contributed by atoms with Gasteiger partial charge in [-0.15, -0.1) is 0 Å². The first-order valence-electron chi connectivity index (χ1n) is 5.98. The molecule has 0 aliphatic carbocycles. The zero-order valence-corrected chi connectivity index (χ0v) is 10.8. The summed E-state index contributed by atoms with van der Waals surface area (Å²) in [5, 5.41) is 0. The number of hydrogen-bond donors (Lipinski definition) is 0. The Kier molecular flexibility index (Phi) is 4.27. The molecule has 1 rings (SSSR count). The van der Waals surface area contributed by atoms with E-state index in [1.54, 1.807) is 0 Å². The van der Waals surface area contributed by atoms with Gasteiger partial charge in [-0.1, -0.05) is 27.7 Å². The summed E-state index contributed by atoms with van der Waals surface area (Å²) in [6.07, 6.45) is 6.23. The van der Waals surface area contributed by atoms with Gasteiger partial charge in [-0.05, 0) is 6.42 Å². The van der Waals surface area contributed by atoms with Crippen LogP contribution in [0.3, 0.4) is 0 Å². The Hall–Kier alpha value is -1.12. The van der Waals surface area contributed by atoms with Crippen LogP contribution < -0.4 is 0 Å². The van der Waals surface area contributed by atoms with Crippen molar-refractivity contribution in [1.82, 2.24) is 9.55 Å². The van der Waals surface area contributed by atoms with E-state index >= 15 is 0 Å². The molecule has 1 aromatic rings. The molecule has 0 unspecified atom stereocenters. The fourth-order valence-electron chi connectivity index (χ4n) is 1.61. The molecule has 0 fully saturated rings. The first-order chi connectivity index (χ1) is 7.45. The molecule has 90 valence electrons. The van der Waals surface area contributed by atoms with Gasteiger partial charge in [0.25, 0.3) is 0 Å². The molecule has 3 heteroatoms. The van der Waals surface area contributed by atoms with E-state index in [1.165, 1.54) is 0 Å². The number of aryl methyl sites for hydroxylation is 2. The van der Waals surface area contributed by atoms with Crippen LogP contribution in [0.15, 0.2) is 12.4 Å². The summed E-state index contributed by atoms with van der Waals surface area (Å²) < 4.78 is 2.13. The number of carbonyl (C=O) groups is 1. The standard InChI is InChI=1S/C13H22N2O/c1-5-9-15-10-8-14-12(15)7-6-11(16)13(2,3)4/h8,10H,5-7,9H2,1-4H3. The monoisotopic (exact) mass is 222 g/mol. The van der Waals surface area contributed by atoms with Crippen LogP contribution in [0, 0.1) is 5.41 Å². The highest BCUT2D eigenvalue weighted by Gasteiger charge is 2.21. The number of Topliss-reactive ketones (excluding diaryl/α,β-unsaturated/α-hetero) is 1. The first kappa shape index (κ1) is 12.9. The lowest BCUT2D eigenvalue weighted by Gasteiger charge is -2.16. The number of carbonyl (C=O) groups excluding carboxylic acids is 1. The molecule has 3 nitrogen and oxygen atoms in total. The Morgan fingerprint density at radius 1 is 1.44 bits per heavy atom. The van der Waals surface area contributed by atoms with Crippen LogP contribution in [0.4, 0.5) is 0 Å². The fraction of sp³-hybridized carbons (Fsp3) is 0.692. The van der Waals surface area contributed by atoms with Crippen molar-refractivity contribution in [2.24, 2.45) is 5.41 Å². The van der Waals surface area contributed by atoms with E-state index in [9.17, 15) is 4.79 Å². The molecule has 0 atom stereocenters. The first-order valence-corrected chi connectivity index (χ1v) is 5.98. The molecule has 0 N–H and O–H groups in total. The van der Waals surface area contributed by atoms with Gasteiger partial charge in [0.1, 0.15) is 11.6 Å². The molecule has 0 amide bonds. The zero-order chi connectivity index (χ0) is 12.2. The normalized spacial score (nSPS) is 11.8. The van der Waals surface area contributed by atoms with Gasteiger partial charge in [0.15, 0.2) is 0 Å². The minimum atomic E-state index is -0.234. The Bertz CT molecular complexity index is 347. The SMILES string of the molecule is CCCn1ccnc1CCC(=O)C(C)(C)C. The van der Waals surface area contributed by atoms with Gasteiger partial charge < -0.3 is 4.57 Å². The number of hydrogen-bond acceptors (Lipinski definition) is 2. The van der Waals surface area contributed by atoms with Gasteiger partial charge in [0, 0.05) is 37.2 Å². The van der Waals surface area contributed by atoms with E-state index < -0.39 is 0 Å². The predicted octanol–water partition coefficient (Wildman–Crippen LogP) is 2.84. The van der Waals surface area contributed by atoms with E-state index in [2.05, 4.69) is 16.5 Å². The number of imidazole rings is 1. The molecule has 0 bridgehead atoms. The van der Waals surface area contributed by atoms with Crippen molar-refractivity contribution in [3.63, 3.8) is 0 Å². The Labute approximate surface area is 97.9 Å². The molecule has 0 aliphatic rings. The van der Waals surface area contributed by atoms with E-state index in [-0.39, 0.29) is 5.41 Å². The second-order valence-corrected chi connectivity index (χ2v) is 5.21. The maximum atomic E-state index is 11.8. The summed E-state index contributed by atoms with van der Waals surface area (Å²) in [6.45, 7) is 9.03. The molecule has 0 saturated heterocycles. The summed E-state index contributed by atoms with van der Waals surface area (Å²) in [7, 11) is 0. The zero-order valence-electron chi connectivity index (χ0n) is 10.8. The van der Waals surface area contributed by atoms with Gasteiger partial charge in [-0.2, -0.15) is 0 Å². The lowest BCUT2D eigenvalue weighted by molar-refractivity contribution is -0.126. The number of aromatic nitrogens is 2. The average Bonchev–Trinajstić information content (AvgIpc) is 2.61. The average molecular weight is 222 g/mol. The smallest absolute Gasteiger partial charge is 0.138 e. The third-order valence-corrected chi connectivity index (χ3v) is 2.68. The van der Waals surface area contributed by atoms with Gasteiger partial charge >= 0.3 is 0 Å². The number of rotatable bonds is 5. The van der Waals surface area contributed by atoms with Crippen molar-refractivity contribution in [3.8, 4) is 0 Å². The minimum Gasteiger partial charge on any atom is -0.335 e. The Morgan fingerprint density at radius 3 is 2.69 bits per heavy atom. The molecule has 0 saturated carbocycles. The van der Waals surface area contributed by atoms with Crippen LogP contribution in [0.2, 0.25) is 0 Å². The van der Waals surface area contributed by atoms with Gasteiger partial charge in [-0.3, -0.25) is 4.79 Å². The topological polar surface area (TPSA) is 34.9 Å². The van der Waals surface area contributed by atoms with Crippen LogP contribution in [-0.2, 0) is 17.8 Å². The molecule has 0 aliphatic heterocycles. The summed E-state index contributed by atoms with van der Waals surface area (Å²) in [4.78, 5) is 16.1. The van der Waals surface area contributed by atoms with E-state index in [0.717, 1.165) is 25.2 Å². The van der Waals surface area contributed by atoms with Crippen LogP contribution in [-0.4, -0.2) is 15.3 Å². The number of nitrogens with zero attached hydrogens (tertiary/aromatic N) is 2. The van der Waals surface area contributed by atoms with Crippen molar-refractivity contribution in [2.45, 2.75) is 53.5 Å². The van der Waals surface area contributed by atoms with Gasteiger partial charge in [0.05, 0.1) is 0 Å². The van der Waals surface area contributed by atoms with Crippen molar-refractivity contribution in [1.29, 1.82) is 0 Å². The van der Waals surface area contributed by atoms with Crippen molar-refractivity contribution >= 4 is 5.78 Å². The second-order valence-electron chi connectivity index (χ2n) is 5.21. The third-order valence-electron chi connectivity index (χ3n) is 2.68. The van der Waals surface area contributed by atoms with Crippen molar-refractivity contribution in [2.75, 3.05) is 0 Å². The predicted molar refractivity (Wildman–Crippen MR) is 65.3 cm³/mol. The van der Waals surface area contributed by atoms with Gasteiger partial charge in [-0.25, -0.2) is 4.98 Å². The van der Waals surface area contributed by atoms with Crippen molar-refractivity contribution in [3.05, 3.63) is 18.2 Å². The largest absolute Gasteiger partial charge is 0.335 e. The maximum absolute atomic E-state index is 11.8. The minimum absolute atomic E-state index is 0.234. The summed E-state index contributed by atoms with van der Waals surface area (Å²) in [6, 6.07) is 0. The highest BCUT2D eigenvalue weighted by Crippen LogP contribution is 2.18. The van der Waals surface area contributed by atoms with E-state index in [0.29, 0.717) is 12.2 Å². The lowest BCUT2D eigenvalue weighted by atomic mass is 9.88. The molecular formula is C13H22N2O. The second kappa shape index (κ2) is 5.28. The third kappa shape index (κ3) is 3.47. The molecule has 0 spiro atoms. The maximum Gasteiger partial charge on any atom is 0.138 e. The van der Waals surface area contributed by atoms with E-state index in [4.69, 9.17) is 0 Å². The highest BCUT2D eigenvalue weighted by atomic mass is 16.1. The van der Waals surface area contributed by atoms with Crippen molar-refractivity contribution < 1.29 is 4.79 Å². The van der Waals surface area contributed by atoms with Crippen LogP contribution in [0.25, 0.3) is 0 Å². The Balaban J connectivity index is 2.54. The highest BCUT2D eigenvalue weighted by molar-refractivity contribution is 5.83. The van der Waals surface area contributed by atoms with Crippen LogP contribution in [0.5, 0.6) is 0 Å². The number of ketones is 1. The molecule has 0 aromatic carbocycles. The van der Waals surface area contributed by atoms with Crippen LogP contribution in [0.1, 0.15) is 46.4 Å². The Morgan fingerprint density at radius 2 is 2.12 bits per heavy atom. The van der Waals surface area contributed by atoms with E-state index in [1.807, 2.05) is 33.2 Å². The molecule has 0 radical (unpaired) electrons. The summed E-state index contributed by atoms with van der Waals surface area (Å²) in [5.74, 6) is 1.33. The quantitative estimate of drug-likeness (QED) is 0.768. The molecular weight excluding hydrogens is 200 g/mol. The van der Waals surface area contributed by atoms with Gasteiger partial charge in [0.2, 0.25) is 0 Å². The summed E-state index contributed by atoms with van der Waals surface area (Å²) >= 11 is 0. The lowest BCUT2D eigenvalue weighted by Crippen LogP contribution is -2.21. The van der Waals surface area contributed by atoms with Crippen LogP contribution >= 0.6 is 0 Å². The molecule has 1 heterocycles. The fourth-order valence-corrected chi connectivity index (χ4v) is 1.61. The molecule has 1 aromatic heterocycles. The summed E-state index contributed by atoms with van der Waals surface area (Å²) in [5.41, 5.74) is -0.234. The molecule has 16 heavy (non-hydrogen) atoms.